The molecule has 102 valence electrons. The van der Waals surface area contributed by atoms with Crippen molar-refractivity contribution in [3.8, 4) is 0 Å². The SMILES string of the molecule is Cc1cccc(NC(=O)c2ccc(F)cc2)c1C(N)=S. The topological polar surface area (TPSA) is 55.1 Å². The van der Waals surface area contributed by atoms with Crippen LogP contribution >= 0.6 is 12.2 Å². The molecule has 0 saturated heterocycles. The molecule has 0 aromatic heterocycles. The highest BCUT2D eigenvalue weighted by Crippen LogP contribution is 2.20. The average Bonchev–Trinajstić information content (AvgIpc) is 2.39. The van der Waals surface area contributed by atoms with Gasteiger partial charge in [0.25, 0.3) is 5.91 Å². The Kier molecular flexibility index (Phi) is 4.10. The second-order valence-electron chi connectivity index (χ2n) is 4.32. The van der Waals surface area contributed by atoms with Crippen molar-refractivity contribution in [1.82, 2.24) is 0 Å². The molecule has 0 radical (unpaired) electrons. The van der Waals surface area contributed by atoms with Gasteiger partial charge in [0.2, 0.25) is 0 Å². The number of thiocarbonyl (C=S) groups is 1. The van der Waals surface area contributed by atoms with Crippen LogP contribution in [0.25, 0.3) is 0 Å². The summed E-state index contributed by atoms with van der Waals surface area (Å²) >= 11 is 5.00. The maximum atomic E-state index is 12.8. The van der Waals surface area contributed by atoms with E-state index in [-0.39, 0.29) is 16.7 Å². The molecule has 2 aromatic carbocycles. The summed E-state index contributed by atoms with van der Waals surface area (Å²) in [6, 6.07) is 10.7. The van der Waals surface area contributed by atoms with Crippen LogP contribution in [0.5, 0.6) is 0 Å². The van der Waals surface area contributed by atoms with E-state index < -0.39 is 0 Å². The molecule has 0 aliphatic carbocycles. The number of hydrogen-bond acceptors (Lipinski definition) is 2. The van der Waals surface area contributed by atoms with Crippen LogP contribution in [-0.4, -0.2) is 10.9 Å². The fraction of sp³-hybridized carbons (Fsp3) is 0.0667. The summed E-state index contributed by atoms with van der Waals surface area (Å²) in [4.78, 5) is 12.3. The van der Waals surface area contributed by atoms with Crippen LogP contribution in [0.2, 0.25) is 0 Å². The summed E-state index contributed by atoms with van der Waals surface area (Å²) in [5.74, 6) is -0.728. The van der Waals surface area contributed by atoms with Gasteiger partial charge < -0.3 is 11.1 Å². The molecule has 0 atom stereocenters. The molecule has 1 amide bonds. The van der Waals surface area contributed by atoms with Crippen molar-refractivity contribution in [2.45, 2.75) is 6.92 Å². The largest absolute Gasteiger partial charge is 0.389 e. The Bertz CT molecular complexity index is 668. The molecule has 3 nitrogen and oxygen atoms in total. The zero-order valence-electron chi connectivity index (χ0n) is 10.8. The van der Waals surface area contributed by atoms with Gasteiger partial charge in [-0.25, -0.2) is 4.39 Å². The van der Waals surface area contributed by atoms with E-state index in [1.807, 2.05) is 13.0 Å². The zero-order valence-corrected chi connectivity index (χ0v) is 11.6. The van der Waals surface area contributed by atoms with Gasteiger partial charge in [-0.15, -0.1) is 0 Å². The molecule has 2 rings (SSSR count). The monoisotopic (exact) mass is 288 g/mol. The van der Waals surface area contributed by atoms with Gasteiger partial charge in [-0.1, -0.05) is 24.4 Å². The molecule has 0 unspecified atom stereocenters. The number of anilines is 1. The van der Waals surface area contributed by atoms with E-state index in [2.05, 4.69) is 5.32 Å². The number of benzene rings is 2. The van der Waals surface area contributed by atoms with Crippen molar-refractivity contribution in [1.29, 1.82) is 0 Å². The van der Waals surface area contributed by atoms with Crippen molar-refractivity contribution in [3.05, 3.63) is 65.0 Å². The van der Waals surface area contributed by atoms with Crippen molar-refractivity contribution >= 4 is 28.8 Å². The summed E-state index contributed by atoms with van der Waals surface area (Å²) in [6.07, 6.45) is 0. The molecule has 5 heteroatoms. The number of nitrogens with one attached hydrogen (secondary N) is 1. The Morgan fingerprint density at radius 2 is 1.85 bits per heavy atom. The third-order valence-electron chi connectivity index (χ3n) is 2.87. The molecule has 0 heterocycles. The van der Waals surface area contributed by atoms with Crippen LogP contribution < -0.4 is 11.1 Å². The van der Waals surface area contributed by atoms with Gasteiger partial charge in [-0.3, -0.25) is 4.79 Å². The Morgan fingerprint density at radius 1 is 1.20 bits per heavy atom. The van der Waals surface area contributed by atoms with Crippen LogP contribution in [-0.2, 0) is 0 Å². The Morgan fingerprint density at radius 3 is 2.45 bits per heavy atom. The summed E-state index contributed by atoms with van der Waals surface area (Å²) in [5.41, 5.74) is 8.11. The summed E-state index contributed by atoms with van der Waals surface area (Å²) in [6.45, 7) is 1.86. The molecule has 20 heavy (non-hydrogen) atoms. The Hall–Kier alpha value is -2.27. The van der Waals surface area contributed by atoms with Gasteiger partial charge in [-0.05, 0) is 42.8 Å². The molecule has 0 aliphatic rings. The second kappa shape index (κ2) is 5.79. The number of amides is 1. The van der Waals surface area contributed by atoms with E-state index in [1.165, 1.54) is 24.3 Å². The third-order valence-corrected chi connectivity index (χ3v) is 3.08. The number of rotatable bonds is 3. The number of halogens is 1. The highest BCUT2D eigenvalue weighted by atomic mass is 32.1. The van der Waals surface area contributed by atoms with Gasteiger partial charge in [-0.2, -0.15) is 0 Å². The molecule has 3 N–H and O–H groups in total. The van der Waals surface area contributed by atoms with Crippen LogP contribution in [0.3, 0.4) is 0 Å². The average molecular weight is 288 g/mol. The van der Waals surface area contributed by atoms with Crippen molar-refractivity contribution in [2.75, 3.05) is 5.32 Å². The summed E-state index contributed by atoms with van der Waals surface area (Å²) in [5, 5.41) is 2.74. The van der Waals surface area contributed by atoms with Crippen LogP contribution in [0, 0.1) is 12.7 Å². The summed E-state index contributed by atoms with van der Waals surface area (Å²) < 4.78 is 12.8. The van der Waals surface area contributed by atoms with Crippen LogP contribution in [0.1, 0.15) is 21.5 Å². The van der Waals surface area contributed by atoms with Gasteiger partial charge in [0.15, 0.2) is 0 Å². The summed E-state index contributed by atoms with van der Waals surface area (Å²) in [7, 11) is 0. The van der Waals surface area contributed by atoms with Gasteiger partial charge in [0, 0.05) is 11.1 Å². The maximum Gasteiger partial charge on any atom is 0.255 e. The molecular weight excluding hydrogens is 275 g/mol. The Labute approximate surface area is 121 Å². The minimum absolute atomic E-state index is 0.220. The lowest BCUT2D eigenvalue weighted by molar-refractivity contribution is 0.102. The first-order valence-electron chi connectivity index (χ1n) is 5.95. The van der Waals surface area contributed by atoms with Gasteiger partial charge in [0.05, 0.1) is 5.69 Å². The van der Waals surface area contributed by atoms with E-state index in [0.717, 1.165) is 5.56 Å². The number of carbonyl (C=O) groups is 1. The molecule has 2 aromatic rings. The van der Waals surface area contributed by atoms with Crippen LogP contribution in [0.4, 0.5) is 10.1 Å². The lowest BCUT2D eigenvalue weighted by Gasteiger charge is -2.12. The fourth-order valence-electron chi connectivity index (χ4n) is 1.89. The lowest BCUT2D eigenvalue weighted by atomic mass is 10.1. The van der Waals surface area contributed by atoms with E-state index in [1.54, 1.807) is 12.1 Å². The van der Waals surface area contributed by atoms with Gasteiger partial charge >= 0.3 is 0 Å². The minimum atomic E-state index is -0.388. The van der Waals surface area contributed by atoms with Crippen molar-refractivity contribution < 1.29 is 9.18 Å². The molecule has 0 bridgehead atoms. The number of nitrogens with two attached hydrogens (primary N) is 1. The van der Waals surface area contributed by atoms with Crippen molar-refractivity contribution in [3.63, 3.8) is 0 Å². The Balaban J connectivity index is 2.30. The third kappa shape index (κ3) is 3.00. The molecule has 0 spiro atoms. The quantitative estimate of drug-likeness (QED) is 0.854. The minimum Gasteiger partial charge on any atom is -0.389 e. The molecule has 0 saturated carbocycles. The van der Waals surface area contributed by atoms with Crippen molar-refractivity contribution in [2.24, 2.45) is 5.73 Å². The predicted octanol–water partition coefficient (Wildman–Crippen LogP) is 3.02. The maximum absolute atomic E-state index is 12.8. The fourth-order valence-corrected chi connectivity index (χ4v) is 2.17. The molecule has 0 aliphatic heterocycles. The number of carbonyl (C=O) groups excluding carboxylic acids is 1. The lowest BCUT2D eigenvalue weighted by Crippen LogP contribution is -2.18. The molecule has 0 fully saturated rings. The van der Waals surface area contributed by atoms with Gasteiger partial charge in [0.1, 0.15) is 10.8 Å². The normalized spacial score (nSPS) is 10.1. The van der Waals surface area contributed by atoms with E-state index >= 15 is 0 Å². The first kappa shape index (κ1) is 14.1. The van der Waals surface area contributed by atoms with E-state index in [9.17, 15) is 9.18 Å². The first-order valence-corrected chi connectivity index (χ1v) is 6.36. The first-order chi connectivity index (χ1) is 9.49. The highest BCUT2D eigenvalue weighted by Gasteiger charge is 2.12. The van der Waals surface area contributed by atoms with Crippen LogP contribution in [0.15, 0.2) is 42.5 Å². The van der Waals surface area contributed by atoms with E-state index in [0.29, 0.717) is 16.8 Å². The van der Waals surface area contributed by atoms with E-state index in [4.69, 9.17) is 18.0 Å². The molecular formula is C15H13FN2OS. The standard InChI is InChI=1S/C15H13FN2OS/c1-9-3-2-4-12(13(9)14(17)20)18-15(19)10-5-7-11(16)8-6-10/h2-8H,1H3,(H2,17,20)(H,18,19). The number of hydrogen-bond donors (Lipinski definition) is 2. The second-order valence-corrected chi connectivity index (χ2v) is 4.76. The highest BCUT2D eigenvalue weighted by molar-refractivity contribution is 7.80. The smallest absolute Gasteiger partial charge is 0.255 e. The zero-order chi connectivity index (χ0) is 14.7. The predicted molar refractivity (Wildman–Crippen MR) is 81.4 cm³/mol. The number of aryl methyl sites for hydroxylation is 1.